The Morgan fingerprint density at radius 2 is 1.00 bits per heavy atom. The molecule has 0 bridgehead atoms. The number of carbonyl (C=O) groups excluding carboxylic acids is 1. The molecule has 0 unspecified atom stereocenters. The van der Waals surface area contributed by atoms with Crippen molar-refractivity contribution in [1.82, 2.24) is 0 Å². The molecular formula is C19H15O3P. The van der Waals surface area contributed by atoms with E-state index in [-0.39, 0.29) is 5.52 Å². The smallest absolute Gasteiger partial charge is 0.370 e. The van der Waals surface area contributed by atoms with Gasteiger partial charge in [-0.25, -0.2) is 0 Å². The first kappa shape index (κ1) is 15.3. The van der Waals surface area contributed by atoms with Crippen molar-refractivity contribution in [2.75, 3.05) is 0 Å². The van der Waals surface area contributed by atoms with E-state index in [0.717, 1.165) is 0 Å². The van der Waals surface area contributed by atoms with Crippen LogP contribution in [0.1, 0.15) is 10.4 Å². The molecule has 3 rings (SSSR count). The van der Waals surface area contributed by atoms with E-state index in [2.05, 4.69) is 0 Å². The van der Waals surface area contributed by atoms with Gasteiger partial charge in [0.2, 0.25) is 0 Å². The van der Waals surface area contributed by atoms with Crippen LogP contribution in [0.4, 0.5) is 0 Å². The number of para-hydroxylation sites is 2. The van der Waals surface area contributed by atoms with Gasteiger partial charge in [0, 0.05) is 5.56 Å². The minimum absolute atomic E-state index is 0.159. The number of benzene rings is 3. The number of hydrogen-bond acceptors (Lipinski definition) is 3. The zero-order valence-electron chi connectivity index (χ0n) is 12.3. The van der Waals surface area contributed by atoms with Gasteiger partial charge in [-0.05, 0) is 24.3 Å². The Kier molecular flexibility index (Phi) is 5.02. The fraction of sp³-hybridized carbons (Fsp3) is 0. The molecular weight excluding hydrogens is 307 g/mol. The Morgan fingerprint density at radius 1 is 0.609 bits per heavy atom. The van der Waals surface area contributed by atoms with Crippen LogP contribution in [0.25, 0.3) is 0 Å². The van der Waals surface area contributed by atoms with E-state index in [1.165, 1.54) is 0 Å². The number of hydrogen-bond donors (Lipinski definition) is 0. The van der Waals surface area contributed by atoms with Crippen LogP contribution in [0.5, 0.6) is 11.5 Å². The van der Waals surface area contributed by atoms with Crippen molar-refractivity contribution in [2.24, 2.45) is 0 Å². The van der Waals surface area contributed by atoms with Gasteiger partial charge in [0.25, 0.3) is 5.52 Å². The van der Waals surface area contributed by atoms with Crippen LogP contribution in [-0.2, 0) is 0 Å². The molecule has 0 spiro atoms. The largest absolute Gasteiger partial charge is 0.433 e. The van der Waals surface area contributed by atoms with Crippen molar-refractivity contribution in [3.63, 3.8) is 0 Å². The van der Waals surface area contributed by atoms with Crippen molar-refractivity contribution >= 4 is 13.9 Å². The lowest BCUT2D eigenvalue weighted by molar-refractivity contribution is 0.106. The van der Waals surface area contributed by atoms with E-state index in [9.17, 15) is 4.79 Å². The maximum Gasteiger partial charge on any atom is 0.370 e. The quantitative estimate of drug-likeness (QED) is 0.578. The number of rotatable bonds is 6. The number of carbonyl (C=O) groups is 1. The Morgan fingerprint density at radius 3 is 1.43 bits per heavy atom. The summed E-state index contributed by atoms with van der Waals surface area (Å²) in [6.07, 6.45) is 0. The van der Waals surface area contributed by atoms with Gasteiger partial charge in [-0.15, -0.1) is 0 Å². The first-order valence-electron chi connectivity index (χ1n) is 7.18. The fourth-order valence-corrected chi connectivity index (χ4v) is 3.13. The molecule has 0 atom stereocenters. The molecule has 3 aromatic rings. The highest BCUT2D eigenvalue weighted by Crippen LogP contribution is 2.43. The first-order valence-corrected chi connectivity index (χ1v) is 8.36. The summed E-state index contributed by atoms with van der Waals surface area (Å²) in [5.41, 5.74) is 0.416. The van der Waals surface area contributed by atoms with Gasteiger partial charge in [0.15, 0.2) is 0 Å². The van der Waals surface area contributed by atoms with Gasteiger partial charge in [-0.2, -0.15) is 0 Å². The molecule has 114 valence electrons. The zero-order valence-corrected chi connectivity index (χ0v) is 13.2. The van der Waals surface area contributed by atoms with Crippen molar-refractivity contribution in [3.05, 3.63) is 96.6 Å². The highest BCUT2D eigenvalue weighted by atomic mass is 31.2. The van der Waals surface area contributed by atoms with Crippen LogP contribution in [0.3, 0.4) is 0 Å². The lowest BCUT2D eigenvalue weighted by atomic mass is 10.2. The molecule has 0 fully saturated rings. The molecule has 3 aromatic carbocycles. The molecule has 0 amide bonds. The van der Waals surface area contributed by atoms with Gasteiger partial charge in [0.05, 0.1) is 0 Å². The molecule has 0 aliphatic rings. The summed E-state index contributed by atoms with van der Waals surface area (Å²) in [4.78, 5) is 12.7. The maximum atomic E-state index is 12.7. The predicted octanol–water partition coefficient (Wildman–Crippen LogP) is 5.30. The Bertz CT molecular complexity index is 704. The average molecular weight is 322 g/mol. The van der Waals surface area contributed by atoms with Crippen molar-refractivity contribution in [2.45, 2.75) is 0 Å². The molecule has 4 heteroatoms. The molecule has 0 heterocycles. The van der Waals surface area contributed by atoms with Gasteiger partial charge in [0.1, 0.15) is 11.5 Å². The minimum Gasteiger partial charge on any atom is -0.433 e. The van der Waals surface area contributed by atoms with Crippen LogP contribution in [-0.4, -0.2) is 5.52 Å². The molecule has 0 saturated carbocycles. The third kappa shape index (κ3) is 4.18. The van der Waals surface area contributed by atoms with E-state index in [1.807, 2.05) is 78.9 Å². The van der Waals surface area contributed by atoms with E-state index < -0.39 is 8.38 Å². The monoisotopic (exact) mass is 322 g/mol. The normalized spacial score (nSPS) is 10.3. The summed E-state index contributed by atoms with van der Waals surface area (Å²) in [5.74, 6) is 1.22. The fourth-order valence-electron chi connectivity index (χ4n) is 1.94. The lowest BCUT2D eigenvalue weighted by Crippen LogP contribution is -2.07. The second-order valence-corrected chi connectivity index (χ2v) is 6.02. The van der Waals surface area contributed by atoms with E-state index in [1.54, 1.807) is 12.1 Å². The van der Waals surface area contributed by atoms with Crippen molar-refractivity contribution in [1.29, 1.82) is 0 Å². The summed E-state index contributed by atoms with van der Waals surface area (Å²) in [6.45, 7) is 0. The third-order valence-corrected chi connectivity index (χ3v) is 4.39. The van der Waals surface area contributed by atoms with Gasteiger partial charge >= 0.3 is 8.38 Å². The van der Waals surface area contributed by atoms with E-state index >= 15 is 0 Å². The predicted molar refractivity (Wildman–Crippen MR) is 91.8 cm³/mol. The highest BCUT2D eigenvalue weighted by Gasteiger charge is 2.26. The molecule has 0 radical (unpaired) electrons. The van der Waals surface area contributed by atoms with Crippen molar-refractivity contribution < 1.29 is 13.8 Å². The van der Waals surface area contributed by atoms with Crippen LogP contribution >= 0.6 is 8.38 Å². The molecule has 0 saturated heterocycles. The topological polar surface area (TPSA) is 35.5 Å². The van der Waals surface area contributed by atoms with Crippen LogP contribution in [0.2, 0.25) is 0 Å². The summed E-state index contributed by atoms with van der Waals surface area (Å²) >= 11 is 0. The van der Waals surface area contributed by atoms with E-state index in [0.29, 0.717) is 17.1 Å². The van der Waals surface area contributed by atoms with Gasteiger partial charge < -0.3 is 9.05 Å². The second-order valence-electron chi connectivity index (χ2n) is 4.74. The Labute approximate surface area is 136 Å². The van der Waals surface area contributed by atoms with E-state index in [4.69, 9.17) is 9.05 Å². The average Bonchev–Trinajstić information content (AvgIpc) is 2.63. The van der Waals surface area contributed by atoms with Crippen LogP contribution < -0.4 is 9.05 Å². The Balaban J connectivity index is 1.85. The van der Waals surface area contributed by atoms with Crippen LogP contribution in [0.15, 0.2) is 91.0 Å². The van der Waals surface area contributed by atoms with Gasteiger partial charge in [-0.1, -0.05) is 66.7 Å². The second kappa shape index (κ2) is 7.57. The molecule has 0 aliphatic heterocycles. The zero-order chi connectivity index (χ0) is 15.9. The summed E-state index contributed by atoms with van der Waals surface area (Å²) in [7, 11) is -1.79. The summed E-state index contributed by atoms with van der Waals surface area (Å²) in [6, 6.07) is 27.5. The summed E-state index contributed by atoms with van der Waals surface area (Å²) < 4.78 is 11.7. The van der Waals surface area contributed by atoms with Crippen molar-refractivity contribution in [3.8, 4) is 11.5 Å². The molecule has 23 heavy (non-hydrogen) atoms. The third-order valence-electron chi connectivity index (χ3n) is 3.05. The maximum absolute atomic E-state index is 12.7. The molecule has 3 nitrogen and oxygen atoms in total. The summed E-state index contributed by atoms with van der Waals surface area (Å²) in [5, 5.41) is 0. The van der Waals surface area contributed by atoms with Gasteiger partial charge in [-0.3, -0.25) is 4.79 Å². The van der Waals surface area contributed by atoms with Crippen LogP contribution in [0, 0.1) is 0 Å². The highest BCUT2D eigenvalue weighted by molar-refractivity contribution is 7.67. The molecule has 0 aromatic heterocycles. The molecule has 0 aliphatic carbocycles. The Hall–Kier alpha value is -2.64. The minimum atomic E-state index is -1.79. The molecule has 0 N–H and O–H groups in total. The lowest BCUT2D eigenvalue weighted by Gasteiger charge is -2.17. The first-order chi connectivity index (χ1) is 11.3. The standard InChI is InChI=1S/C19H15O3P/c20-19(16-10-4-1-5-11-16)23(21-17-12-6-2-7-13-17)22-18-14-8-3-9-15-18/h1-15H. The SMILES string of the molecule is O=C(c1ccccc1)P(Oc1ccccc1)Oc1ccccc1.